The van der Waals surface area contributed by atoms with Crippen molar-refractivity contribution in [3.8, 4) is 0 Å². The molecule has 0 aromatic carbocycles. The summed E-state index contributed by atoms with van der Waals surface area (Å²) in [5.41, 5.74) is 0.863. The molecule has 1 rings (SSSR count). The summed E-state index contributed by atoms with van der Waals surface area (Å²) >= 11 is 4.69. The largest absolute Gasteiger partial charge is 0.378 e. The minimum absolute atomic E-state index is 0.460. The van der Waals surface area contributed by atoms with E-state index in [9.17, 15) is 0 Å². The van der Waals surface area contributed by atoms with Crippen LogP contribution in [0.1, 0.15) is 5.69 Å². The molecule has 1 heterocycles. The maximum absolute atomic E-state index is 4.80. The van der Waals surface area contributed by atoms with Gasteiger partial charge in [0, 0.05) is 13.2 Å². The van der Waals surface area contributed by atoms with Gasteiger partial charge in [-0.2, -0.15) is 0 Å². The molecule has 0 radical (unpaired) electrons. The number of aromatic amines is 1. The molecule has 0 spiro atoms. The van der Waals surface area contributed by atoms with E-state index in [0.717, 1.165) is 5.69 Å². The van der Waals surface area contributed by atoms with Gasteiger partial charge in [-0.05, 0) is 12.2 Å². The average Bonchev–Trinajstić information content (AvgIpc) is 2.17. The molecule has 0 aliphatic heterocycles. The fourth-order valence-electron chi connectivity index (χ4n) is 0.544. The first-order valence-electron chi connectivity index (χ1n) is 2.49. The Balaban J connectivity index is 2.73. The Morgan fingerprint density at radius 3 is 3.11 bits per heavy atom. The number of H-pyrrole nitrogens is 1. The van der Waals surface area contributed by atoms with E-state index < -0.39 is 0 Å². The molecule has 4 heteroatoms. The van der Waals surface area contributed by atoms with Crippen LogP contribution in [-0.2, 0) is 11.3 Å². The highest BCUT2D eigenvalue weighted by Gasteiger charge is 1.91. The Labute approximate surface area is 57.6 Å². The van der Waals surface area contributed by atoms with Gasteiger partial charge < -0.3 is 9.26 Å². The van der Waals surface area contributed by atoms with Gasteiger partial charge in [0.15, 0.2) is 0 Å². The zero-order valence-electron chi connectivity index (χ0n) is 5.01. The van der Waals surface area contributed by atoms with Crippen LogP contribution in [0.25, 0.3) is 0 Å². The van der Waals surface area contributed by atoms with Gasteiger partial charge in [0.1, 0.15) is 0 Å². The molecule has 0 amide bonds. The van der Waals surface area contributed by atoms with Crippen LogP contribution in [0.4, 0.5) is 0 Å². The smallest absolute Gasteiger partial charge is 0.220 e. The van der Waals surface area contributed by atoms with Gasteiger partial charge >= 0.3 is 0 Å². The summed E-state index contributed by atoms with van der Waals surface area (Å²) in [6, 6.07) is 1.72. The van der Waals surface area contributed by atoms with Crippen molar-refractivity contribution in [3.05, 3.63) is 16.5 Å². The number of ether oxygens (including phenoxy) is 1. The van der Waals surface area contributed by atoms with E-state index >= 15 is 0 Å². The minimum Gasteiger partial charge on any atom is -0.378 e. The summed E-state index contributed by atoms with van der Waals surface area (Å²) in [6.45, 7) is 0.514. The molecular weight excluding hydrogens is 138 g/mol. The van der Waals surface area contributed by atoms with Crippen molar-refractivity contribution >= 4 is 12.2 Å². The van der Waals surface area contributed by atoms with Gasteiger partial charge in [0.2, 0.25) is 4.71 Å². The first-order valence-corrected chi connectivity index (χ1v) is 2.90. The van der Waals surface area contributed by atoms with Crippen LogP contribution in [-0.4, -0.2) is 12.3 Å². The van der Waals surface area contributed by atoms with Crippen LogP contribution in [0.2, 0.25) is 0 Å². The molecule has 1 aromatic heterocycles. The van der Waals surface area contributed by atoms with Crippen LogP contribution >= 0.6 is 12.2 Å². The standard InChI is InChI=1S/C5H7NO2S/c1-7-3-4-2-5(9)8-6-4/h2,6H,3H2,1H3. The van der Waals surface area contributed by atoms with E-state index in [2.05, 4.69) is 5.16 Å². The molecular formula is C5H7NO2S. The third-order valence-electron chi connectivity index (χ3n) is 0.875. The van der Waals surface area contributed by atoms with Crippen molar-refractivity contribution in [2.24, 2.45) is 0 Å². The highest BCUT2D eigenvalue weighted by molar-refractivity contribution is 7.71. The Morgan fingerprint density at radius 2 is 2.67 bits per heavy atom. The van der Waals surface area contributed by atoms with Crippen molar-refractivity contribution in [1.82, 2.24) is 5.16 Å². The molecule has 0 atom stereocenters. The Hall–Kier alpha value is -0.610. The van der Waals surface area contributed by atoms with Crippen LogP contribution < -0.4 is 0 Å². The lowest BCUT2D eigenvalue weighted by Crippen LogP contribution is -1.84. The summed E-state index contributed by atoms with van der Waals surface area (Å²) in [7, 11) is 1.61. The topological polar surface area (TPSA) is 38.2 Å². The second-order valence-electron chi connectivity index (χ2n) is 1.63. The van der Waals surface area contributed by atoms with E-state index in [1.54, 1.807) is 13.2 Å². The summed E-state index contributed by atoms with van der Waals surface area (Å²) in [5.74, 6) is 0. The minimum atomic E-state index is 0.460. The summed E-state index contributed by atoms with van der Waals surface area (Å²) in [4.78, 5) is 0. The first kappa shape index (κ1) is 6.51. The predicted molar refractivity (Wildman–Crippen MR) is 34.6 cm³/mol. The van der Waals surface area contributed by atoms with Gasteiger partial charge in [0.05, 0.1) is 12.3 Å². The molecule has 50 valence electrons. The molecule has 0 unspecified atom stereocenters. The van der Waals surface area contributed by atoms with Crippen LogP contribution in [0.15, 0.2) is 10.6 Å². The van der Waals surface area contributed by atoms with Crippen molar-refractivity contribution in [2.45, 2.75) is 6.61 Å². The maximum Gasteiger partial charge on any atom is 0.220 e. The van der Waals surface area contributed by atoms with Gasteiger partial charge in [0.25, 0.3) is 0 Å². The third-order valence-corrected chi connectivity index (χ3v) is 1.08. The van der Waals surface area contributed by atoms with Crippen molar-refractivity contribution in [1.29, 1.82) is 0 Å². The molecule has 0 bridgehead atoms. The Bertz CT molecular complexity index is 227. The molecule has 0 aliphatic rings. The molecule has 3 nitrogen and oxygen atoms in total. The SMILES string of the molecule is COCc1cc(=S)o[nH]1. The molecule has 1 N–H and O–H groups in total. The number of hydrogen-bond acceptors (Lipinski definition) is 3. The van der Waals surface area contributed by atoms with E-state index in [1.807, 2.05) is 0 Å². The third kappa shape index (κ3) is 1.65. The van der Waals surface area contributed by atoms with E-state index in [1.165, 1.54) is 0 Å². The molecule has 0 aliphatic carbocycles. The van der Waals surface area contributed by atoms with Crippen LogP contribution in [0.5, 0.6) is 0 Å². The maximum atomic E-state index is 4.80. The van der Waals surface area contributed by atoms with Crippen molar-refractivity contribution in [2.75, 3.05) is 7.11 Å². The lowest BCUT2D eigenvalue weighted by atomic mass is 10.5. The van der Waals surface area contributed by atoms with Crippen molar-refractivity contribution < 1.29 is 9.26 Å². The van der Waals surface area contributed by atoms with Gasteiger partial charge in [-0.15, -0.1) is 0 Å². The second-order valence-corrected chi connectivity index (χ2v) is 2.03. The number of methoxy groups -OCH3 is 1. The van der Waals surface area contributed by atoms with Crippen LogP contribution in [0.3, 0.4) is 0 Å². The number of aromatic nitrogens is 1. The van der Waals surface area contributed by atoms with Gasteiger partial charge in [-0.25, -0.2) is 5.16 Å². The fourth-order valence-corrected chi connectivity index (χ4v) is 0.728. The lowest BCUT2D eigenvalue weighted by Gasteiger charge is -1.88. The average molecular weight is 145 g/mol. The first-order chi connectivity index (χ1) is 4.33. The number of nitrogens with one attached hydrogen (secondary N) is 1. The monoisotopic (exact) mass is 145 g/mol. The lowest BCUT2D eigenvalue weighted by molar-refractivity contribution is 0.177. The zero-order valence-corrected chi connectivity index (χ0v) is 5.83. The van der Waals surface area contributed by atoms with Crippen LogP contribution in [0, 0.1) is 4.71 Å². The predicted octanol–water partition coefficient (Wildman–Crippen LogP) is 1.48. The molecule has 0 saturated carbocycles. The highest BCUT2D eigenvalue weighted by Crippen LogP contribution is 1.97. The second kappa shape index (κ2) is 2.80. The quantitative estimate of drug-likeness (QED) is 0.640. The Kier molecular flexibility index (Phi) is 2.02. The molecule has 0 fully saturated rings. The normalized spacial score (nSPS) is 9.89. The van der Waals surface area contributed by atoms with E-state index in [4.69, 9.17) is 21.5 Å². The highest BCUT2D eigenvalue weighted by atomic mass is 32.1. The number of rotatable bonds is 2. The van der Waals surface area contributed by atoms with E-state index in [0.29, 0.717) is 11.3 Å². The summed E-state index contributed by atoms with van der Waals surface area (Å²) < 4.78 is 9.99. The molecule has 0 saturated heterocycles. The molecule has 1 aromatic rings. The summed E-state index contributed by atoms with van der Waals surface area (Å²) in [6.07, 6.45) is 0. The summed E-state index contributed by atoms with van der Waals surface area (Å²) in [5, 5.41) is 2.60. The Morgan fingerprint density at radius 1 is 1.89 bits per heavy atom. The fraction of sp³-hybridized carbons (Fsp3) is 0.400. The molecule has 9 heavy (non-hydrogen) atoms. The van der Waals surface area contributed by atoms with Gasteiger partial charge in [-0.3, -0.25) is 0 Å². The van der Waals surface area contributed by atoms with E-state index in [-0.39, 0.29) is 0 Å². The zero-order chi connectivity index (χ0) is 6.69. The van der Waals surface area contributed by atoms with Crippen molar-refractivity contribution in [3.63, 3.8) is 0 Å². The number of hydrogen-bond donors (Lipinski definition) is 1. The van der Waals surface area contributed by atoms with Gasteiger partial charge in [-0.1, -0.05) is 0 Å².